The van der Waals surface area contributed by atoms with E-state index in [1.807, 2.05) is 11.4 Å². The van der Waals surface area contributed by atoms with E-state index in [2.05, 4.69) is 16.6 Å². The molecule has 1 N–H and O–H groups in total. The van der Waals surface area contributed by atoms with E-state index in [0.29, 0.717) is 0 Å². The molecule has 0 fully saturated rings. The third-order valence-electron chi connectivity index (χ3n) is 1.12. The summed E-state index contributed by atoms with van der Waals surface area (Å²) in [6, 6.07) is 2.04. The second-order valence-corrected chi connectivity index (χ2v) is 2.67. The number of hydrogen-bond acceptors (Lipinski definition) is 2. The Balaban J connectivity index is 2.23. The van der Waals surface area contributed by atoms with Crippen molar-refractivity contribution in [3.63, 3.8) is 0 Å². The normalized spacial score (nSPS) is 8.70. The van der Waals surface area contributed by atoms with Gasteiger partial charge in [-0.05, 0) is 11.4 Å². The van der Waals surface area contributed by atoms with E-state index in [0.717, 1.165) is 13.0 Å². The van der Waals surface area contributed by atoms with E-state index in [1.54, 1.807) is 11.3 Å². The maximum Gasteiger partial charge on any atom is 0.0449 e. The van der Waals surface area contributed by atoms with Crippen molar-refractivity contribution in [2.45, 2.75) is 6.42 Å². The van der Waals surface area contributed by atoms with Crippen LogP contribution in [-0.4, -0.2) is 6.54 Å². The minimum atomic E-state index is 0.788. The van der Waals surface area contributed by atoms with Crippen LogP contribution in [0.25, 0.3) is 0 Å². The van der Waals surface area contributed by atoms with Crippen molar-refractivity contribution in [3.05, 3.63) is 16.8 Å². The highest BCUT2D eigenvalue weighted by Crippen LogP contribution is 2.10. The third-order valence-corrected chi connectivity index (χ3v) is 1.80. The highest BCUT2D eigenvalue weighted by atomic mass is 32.1. The second kappa shape index (κ2) is 3.97. The molecule has 10 heavy (non-hydrogen) atoms. The van der Waals surface area contributed by atoms with Gasteiger partial charge in [0.05, 0.1) is 0 Å². The standard InChI is InChI=1S/C8H9NS/c1-2-3-5-9-8-4-6-10-7-8/h1,4,6-7,9H,3,5H2. The molecule has 0 aliphatic heterocycles. The van der Waals surface area contributed by atoms with Gasteiger partial charge in [0.1, 0.15) is 0 Å². The smallest absolute Gasteiger partial charge is 0.0449 e. The lowest BCUT2D eigenvalue weighted by molar-refractivity contribution is 1.10. The Morgan fingerprint density at radius 3 is 3.20 bits per heavy atom. The predicted octanol–water partition coefficient (Wildman–Crippen LogP) is 2.18. The quantitative estimate of drug-likeness (QED) is 0.515. The summed E-state index contributed by atoms with van der Waals surface area (Å²) in [5.41, 5.74) is 1.17. The van der Waals surface area contributed by atoms with Crippen LogP contribution in [0, 0.1) is 12.3 Å². The first-order valence-corrected chi connectivity index (χ1v) is 4.07. The van der Waals surface area contributed by atoms with Crippen LogP contribution in [0.1, 0.15) is 6.42 Å². The molecule has 0 saturated heterocycles. The molecule has 0 aliphatic carbocycles. The molecule has 0 atom stereocenters. The molecule has 1 aromatic heterocycles. The fourth-order valence-corrected chi connectivity index (χ4v) is 1.26. The number of terminal acetylenes is 1. The van der Waals surface area contributed by atoms with Crippen LogP contribution in [0.4, 0.5) is 5.69 Å². The van der Waals surface area contributed by atoms with Crippen LogP contribution in [0.3, 0.4) is 0 Å². The van der Waals surface area contributed by atoms with Crippen molar-refractivity contribution >= 4 is 17.0 Å². The summed E-state index contributed by atoms with van der Waals surface area (Å²) in [7, 11) is 0. The monoisotopic (exact) mass is 151 g/mol. The van der Waals surface area contributed by atoms with Gasteiger partial charge in [-0.25, -0.2) is 0 Å². The molecule has 0 bridgehead atoms. The first-order chi connectivity index (χ1) is 4.93. The van der Waals surface area contributed by atoms with Gasteiger partial charge >= 0.3 is 0 Å². The fraction of sp³-hybridized carbons (Fsp3) is 0.250. The molecule has 0 amide bonds. The van der Waals surface area contributed by atoms with Crippen LogP contribution in [0.2, 0.25) is 0 Å². The van der Waals surface area contributed by atoms with Crippen molar-refractivity contribution in [3.8, 4) is 12.3 Å². The minimum absolute atomic E-state index is 0.788. The highest BCUT2D eigenvalue weighted by molar-refractivity contribution is 7.08. The van der Waals surface area contributed by atoms with Gasteiger partial charge in [-0.1, -0.05) is 0 Å². The zero-order chi connectivity index (χ0) is 7.23. The highest BCUT2D eigenvalue weighted by Gasteiger charge is 1.87. The molecule has 0 spiro atoms. The van der Waals surface area contributed by atoms with E-state index >= 15 is 0 Å². The molecule has 1 heterocycles. The number of thiophene rings is 1. The van der Waals surface area contributed by atoms with Crippen molar-refractivity contribution < 1.29 is 0 Å². The molecule has 1 rings (SSSR count). The van der Waals surface area contributed by atoms with E-state index in [9.17, 15) is 0 Å². The Labute approximate surface area is 65.1 Å². The van der Waals surface area contributed by atoms with E-state index < -0.39 is 0 Å². The predicted molar refractivity (Wildman–Crippen MR) is 46.3 cm³/mol. The molecule has 52 valence electrons. The SMILES string of the molecule is C#CCCNc1ccsc1. The van der Waals surface area contributed by atoms with E-state index in [4.69, 9.17) is 6.42 Å². The summed E-state index contributed by atoms with van der Waals surface area (Å²) >= 11 is 1.68. The van der Waals surface area contributed by atoms with Gasteiger partial charge in [0, 0.05) is 24.0 Å². The van der Waals surface area contributed by atoms with Gasteiger partial charge in [-0.15, -0.1) is 12.3 Å². The minimum Gasteiger partial charge on any atom is -0.383 e. The van der Waals surface area contributed by atoms with Crippen LogP contribution >= 0.6 is 11.3 Å². The lowest BCUT2D eigenvalue weighted by atomic mass is 10.4. The summed E-state index contributed by atoms with van der Waals surface area (Å²) in [5, 5.41) is 7.30. The van der Waals surface area contributed by atoms with E-state index in [1.165, 1.54) is 5.69 Å². The summed E-state index contributed by atoms with van der Waals surface area (Å²) in [4.78, 5) is 0. The van der Waals surface area contributed by atoms with Crippen LogP contribution in [0.5, 0.6) is 0 Å². The lowest BCUT2D eigenvalue weighted by Crippen LogP contribution is -1.97. The Bertz CT molecular complexity index is 208. The molecule has 0 radical (unpaired) electrons. The first kappa shape index (κ1) is 7.17. The van der Waals surface area contributed by atoms with Gasteiger partial charge in [-0.2, -0.15) is 11.3 Å². The van der Waals surface area contributed by atoms with Crippen molar-refractivity contribution in [1.29, 1.82) is 0 Å². The van der Waals surface area contributed by atoms with Gasteiger partial charge < -0.3 is 5.32 Å². The van der Waals surface area contributed by atoms with Crippen molar-refractivity contribution in [2.75, 3.05) is 11.9 Å². The van der Waals surface area contributed by atoms with Gasteiger partial charge in [0.2, 0.25) is 0 Å². The lowest BCUT2D eigenvalue weighted by Gasteiger charge is -1.97. The summed E-state index contributed by atoms with van der Waals surface area (Å²) in [6.45, 7) is 0.868. The summed E-state index contributed by atoms with van der Waals surface area (Å²) < 4.78 is 0. The van der Waals surface area contributed by atoms with Crippen molar-refractivity contribution in [1.82, 2.24) is 0 Å². The second-order valence-electron chi connectivity index (χ2n) is 1.89. The van der Waals surface area contributed by atoms with Gasteiger partial charge in [0.25, 0.3) is 0 Å². The topological polar surface area (TPSA) is 12.0 Å². The first-order valence-electron chi connectivity index (χ1n) is 3.13. The third kappa shape index (κ3) is 2.12. The molecule has 1 nitrogen and oxygen atoms in total. The summed E-state index contributed by atoms with van der Waals surface area (Å²) in [5.74, 6) is 2.57. The number of anilines is 1. The zero-order valence-electron chi connectivity index (χ0n) is 5.63. The van der Waals surface area contributed by atoms with Crippen LogP contribution < -0.4 is 5.32 Å². The average molecular weight is 151 g/mol. The molecule has 1 aromatic rings. The van der Waals surface area contributed by atoms with Crippen molar-refractivity contribution in [2.24, 2.45) is 0 Å². The Morgan fingerprint density at radius 1 is 1.70 bits per heavy atom. The maximum absolute atomic E-state index is 5.08. The number of nitrogens with one attached hydrogen (secondary N) is 1. The molecule has 0 saturated carbocycles. The van der Waals surface area contributed by atoms with Crippen LogP contribution in [-0.2, 0) is 0 Å². The molecule has 0 aliphatic rings. The van der Waals surface area contributed by atoms with E-state index in [-0.39, 0.29) is 0 Å². The Morgan fingerprint density at radius 2 is 2.60 bits per heavy atom. The Hall–Kier alpha value is -0.940. The molecular weight excluding hydrogens is 142 g/mol. The average Bonchev–Trinajstić information content (AvgIpc) is 2.41. The zero-order valence-corrected chi connectivity index (χ0v) is 6.45. The maximum atomic E-state index is 5.08. The van der Waals surface area contributed by atoms with Gasteiger partial charge in [0.15, 0.2) is 0 Å². The largest absolute Gasteiger partial charge is 0.383 e. The van der Waals surface area contributed by atoms with Crippen LogP contribution in [0.15, 0.2) is 16.8 Å². The molecule has 0 aromatic carbocycles. The van der Waals surface area contributed by atoms with Gasteiger partial charge in [-0.3, -0.25) is 0 Å². The fourth-order valence-electron chi connectivity index (χ4n) is 0.644. The number of hydrogen-bond donors (Lipinski definition) is 1. The number of rotatable bonds is 3. The Kier molecular flexibility index (Phi) is 2.85. The summed E-state index contributed by atoms with van der Waals surface area (Å²) in [6.07, 6.45) is 5.87. The molecular formula is C8H9NS. The molecule has 0 unspecified atom stereocenters. The molecule has 2 heteroatoms.